The maximum absolute atomic E-state index is 11.8. The Morgan fingerprint density at radius 2 is 1.89 bits per heavy atom. The molecule has 0 atom stereocenters. The third-order valence-corrected chi connectivity index (χ3v) is 2.50. The number of nitrogens with zero attached hydrogens (tertiary/aromatic N) is 1. The fourth-order valence-electron chi connectivity index (χ4n) is 1.54. The first-order chi connectivity index (χ1) is 8.63. The van der Waals surface area contributed by atoms with Crippen molar-refractivity contribution in [3.63, 3.8) is 0 Å². The molecule has 98 valence electrons. The lowest BCUT2D eigenvalue weighted by Gasteiger charge is -2.18. The molecule has 5 nitrogen and oxygen atoms in total. The predicted molar refractivity (Wildman–Crippen MR) is 65.7 cm³/mol. The second-order valence-electron chi connectivity index (χ2n) is 3.81. The van der Waals surface area contributed by atoms with Gasteiger partial charge in [0.1, 0.15) is 0 Å². The van der Waals surface area contributed by atoms with Gasteiger partial charge in [-0.05, 0) is 12.0 Å². The number of aryl methyl sites for hydroxylation is 1. The van der Waals surface area contributed by atoms with Crippen LogP contribution in [0.3, 0.4) is 0 Å². The normalized spacial score (nSPS) is 10.1. The molecule has 18 heavy (non-hydrogen) atoms. The van der Waals surface area contributed by atoms with Gasteiger partial charge in [0.25, 0.3) is 0 Å². The molecule has 1 amide bonds. The number of carboxylic acids is 1. The first-order valence-corrected chi connectivity index (χ1v) is 5.73. The lowest BCUT2D eigenvalue weighted by Crippen LogP contribution is -2.32. The molecule has 0 fully saturated rings. The average molecular weight is 251 g/mol. The van der Waals surface area contributed by atoms with Gasteiger partial charge in [0.15, 0.2) is 0 Å². The van der Waals surface area contributed by atoms with Crippen LogP contribution in [0.15, 0.2) is 30.3 Å². The van der Waals surface area contributed by atoms with Crippen LogP contribution in [0, 0.1) is 0 Å². The van der Waals surface area contributed by atoms with Crippen LogP contribution >= 0.6 is 0 Å². The van der Waals surface area contributed by atoms with Crippen LogP contribution < -0.4 is 0 Å². The molecule has 0 aliphatic heterocycles. The Hall–Kier alpha value is -1.88. The van der Waals surface area contributed by atoms with Crippen LogP contribution in [-0.4, -0.2) is 35.7 Å². The van der Waals surface area contributed by atoms with Crippen molar-refractivity contribution in [3.8, 4) is 0 Å². The van der Waals surface area contributed by atoms with Gasteiger partial charge in [0, 0.05) is 6.42 Å². The number of rotatable bonds is 7. The zero-order chi connectivity index (χ0) is 13.4. The predicted octanol–water partition coefficient (Wildman–Crippen LogP) is 1.48. The van der Waals surface area contributed by atoms with Gasteiger partial charge >= 0.3 is 5.97 Å². The number of benzene rings is 1. The van der Waals surface area contributed by atoms with Gasteiger partial charge in [-0.3, -0.25) is 14.4 Å². The van der Waals surface area contributed by atoms with Crippen molar-refractivity contribution in [3.05, 3.63) is 35.9 Å². The van der Waals surface area contributed by atoms with Crippen molar-refractivity contribution in [1.29, 1.82) is 0 Å². The highest BCUT2D eigenvalue weighted by Gasteiger charge is 2.14. The zero-order valence-electron chi connectivity index (χ0n) is 10.3. The molecule has 0 aromatic heterocycles. The summed E-state index contributed by atoms with van der Waals surface area (Å²) in [6.45, 7) is 0.0689. The molecule has 0 radical (unpaired) electrons. The van der Waals surface area contributed by atoms with Crippen LogP contribution in [0.4, 0.5) is 0 Å². The summed E-state index contributed by atoms with van der Waals surface area (Å²) in [6, 6.07) is 9.64. The zero-order valence-corrected chi connectivity index (χ0v) is 10.3. The van der Waals surface area contributed by atoms with E-state index in [4.69, 9.17) is 9.94 Å². The second kappa shape index (κ2) is 7.45. The third-order valence-electron chi connectivity index (χ3n) is 2.50. The summed E-state index contributed by atoms with van der Waals surface area (Å²) >= 11 is 0. The number of aliphatic carboxylic acids is 1. The van der Waals surface area contributed by atoms with Gasteiger partial charge in [-0.25, -0.2) is 5.06 Å². The van der Waals surface area contributed by atoms with Crippen molar-refractivity contribution in [2.45, 2.75) is 19.3 Å². The van der Waals surface area contributed by atoms with E-state index in [1.165, 1.54) is 7.11 Å². The van der Waals surface area contributed by atoms with E-state index in [2.05, 4.69) is 0 Å². The molecule has 0 saturated heterocycles. The van der Waals surface area contributed by atoms with Gasteiger partial charge in [0.2, 0.25) is 5.91 Å². The molecule has 0 aliphatic carbocycles. The standard InChI is InChI=1S/C13H17NO4/c1-18-14(10-9-13(16)17)12(15)8-7-11-5-3-2-4-6-11/h2-6H,7-10H2,1H3,(H,16,17). The van der Waals surface area contributed by atoms with Crippen LogP contribution in [-0.2, 0) is 20.8 Å². The number of hydrogen-bond acceptors (Lipinski definition) is 3. The SMILES string of the molecule is CON(CCC(=O)O)C(=O)CCc1ccccc1. The van der Waals surface area contributed by atoms with Crippen LogP contribution in [0.2, 0.25) is 0 Å². The van der Waals surface area contributed by atoms with Crippen molar-refractivity contribution in [2.24, 2.45) is 0 Å². The van der Waals surface area contributed by atoms with E-state index in [0.717, 1.165) is 10.6 Å². The number of hydroxylamine groups is 2. The van der Waals surface area contributed by atoms with Gasteiger partial charge < -0.3 is 5.11 Å². The molecule has 0 heterocycles. The fourth-order valence-corrected chi connectivity index (χ4v) is 1.54. The molecule has 1 aromatic carbocycles. The minimum Gasteiger partial charge on any atom is -0.481 e. The minimum absolute atomic E-state index is 0.0689. The monoisotopic (exact) mass is 251 g/mol. The summed E-state index contributed by atoms with van der Waals surface area (Å²) in [4.78, 5) is 27.1. The third kappa shape index (κ3) is 4.97. The van der Waals surface area contributed by atoms with Crippen molar-refractivity contribution in [1.82, 2.24) is 5.06 Å². The highest BCUT2D eigenvalue weighted by molar-refractivity contribution is 5.76. The molecule has 1 N–H and O–H groups in total. The molecule has 5 heteroatoms. The molecule has 0 saturated carbocycles. The molecule has 0 spiro atoms. The van der Waals surface area contributed by atoms with Crippen molar-refractivity contribution in [2.75, 3.05) is 13.7 Å². The van der Waals surface area contributed by atoms with Gasteiger partial charge in [-0.1, -0.05) is 30.3 Å². The quantitative estimate of drug-likeness (QED) is 0.745. The maximum atomic E-state index is 11.8. The Kier molecular flexibility index (Phi) is 5.87. The summed E-state index contributed by atoms with van der Waals surface area (Å²) in [7, 11) is 1.36. The van der Waals surface area contributed by atoms with Gasteiger partial charge in [0.05, 0.1) is 20.1 Å². The Labute approximate surface area is 106 Å². The molecule has 0 bridgehead atoms. The van der Waals surface area contributed by atoms with Gasteiger partial charge in [-0.2, -0.15) is 0 Å². The summed E-state index contributed by atoms with van der Waals surface area (Å²) < 4.78 is 0. The van der Waals surface area contributed by atoms with E-state index < -0.39 is 5.97 Å². The van der Waals surface area contributed by atoms with E-state index >= 15 is 0 Å². The van der Waals surface area contributed by atoms with Crippen molar-refractivity contribution >= 4 is 11.9 Å². The molecular formula is C13H17NO4. The van der Waals surface area contributed by atoms with E-state index in [9.17, 15) is 9.59 Å². The molecule has 1 aromatic rings. The minimum atomic E-state index is -0.951. The number of amides is 1. The summed E-state index contributed by atoms with van der Waals surface area (Å²) in [6.07, 6.45) is 0.801. The Morgan fingerprint density at radius 3 is 2.44 bits per heavy atom. The Morgan fingerprint density at radius 1 is 1.22 bits per heavy atom. The molecule has 1 rings (SSSR count). The first-order valence-electron chi connectivity index (χ1n) is 5.73. The van der Waals surface area contributed by atoms with E-state index in [0.29, 0.717) is 12.8 Å². The first kappa shape index (κ1) is 14.2. The van der Waals surface area contributed by atoms with Crippen LogP contribution in [0.1, 0.15) is 18.4 Å². The number of carbonyl (C=O) groups is 2. The average Bonchev–Trinajstić information content (AvgIpc) is 2.38. The van der Waals surface area contributed by atoms with E-state index in [-0.39, 0.29) is 18.9 Å². The second-order valence-corrected chi connectivity index (χ2v) is 3.81. The maximum Gasteiger partial charge on any atom is 0.305 e. The van der Waals surface area contributed by atoms with Crippen LogP contribution in [0.5, 0.6) is 0 Å². The number of carbonyl (C=O) groups excluding carboxylic acids is 1. The lowest BCUT2D eigenvalue weighted by atomic mass is 10.1. The Balaban J connectivity index is 2.40. The van der Waals surface area contributed by atoms with Crippen molar-refractivity contribution < 1.29 is 19.5 Å². The van der Waals surface area contributed by atoms with E-state index in [1.807, 2.05) is 30.3 Å². The smallest absolute Gasteiger partial charge is 0.305 e. The summed E-state index contributed by atoms with van der Waals surface area (Å²) in [5, 5.41) is 9.65. The molecule has 0 unspecified atom stereocenters. The van der Waals surface area contributed by atoms with Gasteiger partial charge in [-0.15, -0.1) is 0 Å². The lowest BCUT2D eigenvalue weighted by molar-refractivity contribution is -0.177. The summed E-state index contributed by atoms with van der Waals surface area (Å²) in [5.74, 6) is -1.16. The largest absolute Gasteiger partial charge is 0.481 e. The molecular weight excluding hydrogens is 234 g/mol. The highest BCUT2D eigenvalue weighted by atomic mass is 16.7. The van der Waals surface area contributed by atoms with E-state index in [1.54, 1.807) is 0 Å². The fraction of sp³-hybridized carbons (Fsp3) is 0.385. The molecule has 0 aliphatic rings. The number of hydrogen-bond donors (Lipinski definition) is 1. The summed E-state index contributed by atoms with van der Waals surface area (Å²) in [5.41, 5.74) is 1.07. The highest BCUT2D eigenvalue weighted by Crippen LogP contribution is 2.05. The topological polar surface area (TPSA) is 66.8 Å². The van der Waals surface area contributed by atoms with Crippen LogP contribution in [0.25, 0.3) is 0 Å². The Bertz CT molecular complexity index is 391. The number of carboxylic acid groups (broad SMARTS) is 1.